The van der Waals surface area contributed by atoms with E-state index in [9.17, 15) is 0 Å². The molecule has 1 aliphatic heterocycles. The van der Waals surface area contributed by atoms with Gasteiger partial charge in [0.2, 0.25) is 0 Å². The Hall–Kier alpha value is -0.800. The fourth-order valence-electron chi connectivity index (χ4n) is 2.45. The lowest BCUT2D eigenvalue weighted by molar-refractivity contribution is 0.410. The summed E-state index contributed by atoms with van der Waals surface area (Å²) in [5, 5.41) is 2.82. The fraction of sp³-hybridized carbons (Fsp3) is 0.462. The number of rotatable bonds is 2. The molecule has 3 rings (SSSR count). The summed E-state index contributed by atoms with van der Waals surface area (Å²) in [7, 11) is 0. The second kappa shape index (κ2) is 4.46. The van der Waals surface area contributed by atoms with E-state index in [0.717, 1.165) is 31.1 Å². The lowest BCUT2D eigenvalue weighted by Gasteiger charge is -2.21. The number of fused-ring (bicyclic) bond motifs is 1. The zero-order valence-corrected chi connectivity index (χ0v) is 11.4. The molecule has 0 saturated heterocycles. The van der Waals surface area contributed by atoms with Crippen molar-refractivity contribution in [3.05, 3.63) is 39.1 Å². The Morgan fingerprint density at radius 3 is 3.24 bits per heavy atom. The van der Waals surface area contributed by atoms with E-state index in [2.05, 4.69) is 34.0 Å². The Morgan fingerprint density at radius 2 is 2.47 bits per heavy atom. The van der Waals surface area contributed by atoms with Crippen molar-refractivity contribution in [2.24, 2.45) is 5.92 Å². The van der Waals surface area contributed by atoms with Crippen molar-refractivity contribution in [2.45, 2.75) is 32.7 Å². The molecule has 0 spiro atoms. The minimum absolute atomic E-state index is 0.711. The number of thiophene rings is 1. The molecule has 0 radical (unpaired) electrons. The maximum absolute atomic E-state index is 6.24. The van der Waals surface area contributed by atoms with Crippen molar-refractivity contribution >= 4 is 22.9 Å². The highest BCUT2D eigenvalue weighted by Gasteiger charge is 2.22. The molecule has 0 aliphatic carbocycles. The molecule has 0 bridgehead atoms. The number of hydrogen-bond acceptors (Lipinski definition) is 2. The molecular formula is C13H15ClN2S. The molecule has 3 heterocycles. The number of nitrogens with zero attached hydrogens (tertiary/aromatic N) is 2. The minimum atomic E-state index is 0.711. The summed E-state index contributed by atoms with van der Waals surface area (Å²) < 4.78 is 2.32. The van der Waals surface area contributed by atoms with Crippen molar-refractivity contribution in [2.75, 3.05) is 0 Å². The van der Waals surface area contributed by atoms with Crippen LogP contribution in [0.5, 0.6) is 0 Å². The first-order valence-electron chi connectivity index (χ1n) is 6.00. The first kappa shape index (κ1) is 11.3. The number of imidazole rings is 1. The normalized spacial score (nSPS) is 19.3. The summed E-state index contributed by atoms with van der Waals surface area (Å²) in [6, 6.07) is 4.25. The predicted molar refractivity (Wildman–Crippen MR) is 71.8 cm³/mol. The first-order valence-corrected chi connectivity index (χ1v) is 7.26. The maximum Gasteiger partial charge on any atom is 0.150 e. The van der Waals surface area contributed by atoms with Crippen molar-refractivity contribution < 1.29 is 0 Å². The first-order chi connectivity index (χ1) is 8.24. The van der Waals surface area contributed by atoms with E-state index in [1.165, 1.54) is 17.0 Å². The van der Waals surface area contributed by atoms with Gasteiger partial charge in [-0.15, -0.1) is 11.3 Å². The highest BCUT2D eigenvalue weighted by Crippen LogP contribution is 2.28. The average Bonchev–Trinajstić information content (AvgIpc) is 2.89. The van der Waals surface area contributed by atoms with Gasteiger partial charge in [0.25, 0.3) is 0 Å². The van der Waals surface area contributed by atoms with E-state index < -0.39 is 0 Å². The molecular weight excluding hydrogens is 252 g/mol. The quantitative estimate of drug-likeness (QED) is 0.809. The van der Waals surface area contributed by atoms with Crippen LogP contribution in [-0.4, -0.2) is 9.55 Å². The highest BCUT2D eigenvalue weighted by molar-refractivity contribution is 7.09. The molecule has 1 aliphatic rings. The smallest absolute Gasteiger partial charge is 0.150 e. The van der Waals surface area contributed by atoms with E-state index in [1.807, 2.05) is 0 Å². The van der Waals surface area contributed by atoms with Gasteiger partial charge in [0.1, 0.15) is 5.82 Å². The molecule has 1 unspecified atom stereocenters. The molecule has 0 fully saturated rings. The third-order valence-corrected chi connectivity index (χ3v) is 4.58. The zero-order chi connectivity index (χ0) is 11.8. The summed E-state index contributed by atoms with van der Waals surface area (Å²) in [6.07, 6.45) is 3.21. The van der Waals surface area contributed by atoms with Crippen molar-refractivity contribution in [3.8, 4) is 0 Å². The molecule has 2 aromatic heterocycles. The van der Waals surface area contributed by atoms with Crippen LogP contribution in [0.2, 0.25) is 5.15 Å². The molecule has 0 N–H and O–H groups in total. The van der Waals surface area contributed by atoms with Crippen LogP contribution in [0, 0.1) is 5.92 Å². The Kier molecular flexibility index (Phi) is 2.97. The molecule has 2 nitrogen and oxygen atoms in total. The van der Waals surface area contributed by atoms with E-state index in [4.69, 9.17) is 11.6 Å². The van der Waals surface area contributed by atoms with E-state index in [-0.39, 0.29) is 0 Å². The summed E-state index contributed by atoms with van der Waals surface area (Å²) in [5.41, 5.74) is 1.23. The van der Waals surface area contributed by atoms with Crippen molar-refractivity contribution in [3.63, 3.8) is 0 Å². The Bertz CT molecular complexity index is 516. The standard InChI is InChI=1S/C13H15ClN2S/c1-9-4-5-16-11(7-9)13(14)15-12(16)8-10-3-2-6-17-10/h2-3,6,9H,4-5,7-8H2,1H3. The molecule has 17 heavy (non-hydrogen) atoms. The summed E-state index contributed by atoms with van der Waals surface area (Å²) in [5.74, 6) is 1.85. The van der Waals surface area contributed by atoms with Crippen LogP contribution in [0.1, 0.15) is 29.7 Å². The second-order valence-corrected chi connectivity index (χ2v) is 6.16. The molecule has 4 heteroatoms. The third kappa shape index (κ3) is 2.14. The monoisotopic (exact) mass is 266 g/mol. The van der Waals surface area contributed by atoms with Crippen LogP contribution in [0.4, 0.5) is 0 Å². The third-order valence-electron chi connectivity index (χ3n) is 3.40. The van der Waals surface area contributed by atoms with Crippen molar-refractivity contribution in [1.29, 1.82) is 0 Å². The lowest BCUT2D eigenvalue weighted by atomic mass is 9.98. The molecule has 1 atom stereocenters. The fourth-order valence-corrected chi connectivity index (χ4v) is 3.43. The summed E-state index contributed by atoms with van der Waals surface area (Å²) >= 11 is 8.02. The largest absolute Gasteiger partial charge is 0.330 e. The van der Waals surface area contributed by atoms with Gasteiger partial charge in [-0.25, -0.2) is 4.98 Å². The van der Waals surface area contributed by atoms with Crippen LogP contribution in [0.25, 0.3) is 0 Å². The van der Waals surface area contributed by atoms with E-state index >= 15 is 0 Å². The van der Waals surface area contributed by atoms with Crippen LogP contribution in [0.15, 0.2) is 17.5 Å². The van der Waals surface area contributed by atoms with Gasteiger partial charge < -0.3 is 4.57 Å². The molecule has 2 aromatic rings. The molecule has 90 valence electrons. The van der Waals surface area contributed by atoms with Crippen LogP contribution in [-0.2, 0) is 19.4 Å². The lowest BCUT2D eigenvalue weighted by Crippen LogP contribution is -2.18. The number of aromatic nitrogens is 2. The van der Waals surface area contributed by atoms with Gasteiger partial charge in [-0.1, -0.05) is 24.6 Å². The van der Waals surface area contributed by atoms with E-state index in [1.54, 1.807) is 11.3 Å². The SMILES string of the molecule is CC1CCn2c(Cc3cccs3)nc(Cl)c2C1. The second-order valence-electron chi connectivity index (χ2n) is 4.77. The van der Waals surface area contributed by atoms with Crippen LogP contribution >= 0.6 is 22.9 Å². The van der Waals surface area contributed by atoms with Crippen LogP contribution < -0.4 is 0 Å². The minimum Gasteiger partial charge on any atom is -0.330 e. The van der Waals surface area contributed by atoms with Gasteiger partial charge in [0.05, 0.1) is 5.69 Å². The van der Waals surface area contributed by atoms with Gasteiger partial charge >= 0.3 is 0 Å². The predicted octanol–water partition coefficient (Wildman–Crippen LogP) is 3.77. The molecule has 0 aromatic carbocycles. The highest BCUT2D eigenvalue weighted by atomic mass is 35.5. The number of hydrogen-bond donors (Lipinski definition) is 0. The Morgan fingerprint density at radius 1 is 1.59 bits per heavy atom. The van der Waals surface area contributed by atoms with Gasteiger partial charge in [0, 0.05) is 17.8 Å². The Labute approximate surface area is 110 Å². The zero-order valence-electron chi connectivity index (χ0n) is 9.82. The maximum atomic E-state index is 6.24. The topological polar surface area (TPSA) is 17.8 Å². The van der Waals surface area contributed by atoms with Gasteiger partial charge in [0.15, 0.2) is 5.15 Å². The van der Waals surface area contributed by atoms with Crippen LogP contribution in [0.3, 0.4) is 0 Å². The summed E-state index contributed by atoms with van der Waals surface area (Å²) in [4.78, 5) is 5.89. The van der Waals surface area contributed by atoms with Crippen molar-refractivity contribution in [1.82, 2.24) is 9.55 Å². The summed E-state index contributed by atoms with van der Waals surface area (Å²) in [6.45, 7) is 3.35. The van der Waals surface area contributed by atoms with Gasteiger partial charge in [-0.3, -0.25) is 0 Å². The Balaban J connectivity index is 1.93. The number of halogens is 1. The van der Waals surface area contributed by atoms with E-state index in [0.29, 0.717) is 5.15 Å². The molecule has 0 saturated carbocycles. The molecule has 0 amide bonds. The van der Waals surface area contributed by atoms with Gasteiger partial charge in [-0.2, -0.15) is 0 Å². The average molecular weight is 267 g/mol. The van der Waals surface area contributed by atoms with Gasteiger partial charge in [-0.05, 0) is 30.2 Å².